The van der Waals surface area contributed by atoms with E-state index < -0.39 is 5.79 Å². The van der Waals surface area contributed by atoms with Crippen LogP contribution in [0, 0.1) is 0 Å². The highest BCUT2D eigenvalue weighted by atomic mass is 16.6. The highest BCUT2D eigenvalue weighted by Gasteiger charge is 2.46. The summed E-state index contributed by atoms with van der Waals surface area (Å²) in [6.45, 7) is 0.971. The van der Waals surface area contributed by atoms with Gasteiger partial charge in [-0.1, -0.05) is 42.5 Å². The third-order valence-corrected chi connectivity index (χ3v) is 4.16. The molecule has 0 amide bonds. The van der Waals surface area contributed by atoms with Gasteiger partial charge in [0.2, 0.25) is 5.79 Å². The lowest BCUT2D eigenvalue weighted by Crippen LogP contribution is -2.50. The monoisotopic (exact) mass is 293 g/mol. The molecule has 2 aromatic rings. The van der Waals surface area contributed by atoms with Gasteiger partial charge in [-0.3, -0.25) is 4.79 Å². The summed E-state index contributed by atoms with van der Waals surface area (Å²) in [5.41, 5.74) is 2.41. The molecule has 1 unspecified atom stereocenters. The van der Waals surface area contributed by atoms with Crippen molar-refractivity contribution in [1.29, 1.82) is 0 Å². The maximum Gasteiger partial charge on any atom is 0.236 e. The molecule has 4 rings (SSSR count). The van der Waals surface area contributed by atoms with E-state index in [0.717, 1.165) is 5.69 Å². The molecular formula is C18H15NO3. The smallest absolute Gasteiger partial charge is 0.236 e. The minimum absolute atomic E-state index is 0.110. The minimum atomic E-state index is -1.57. The first-order chi connectivity index (χ1) is 10.7. The van der Waals surface area contributed by atoms with Gasteiger partial charge in [-0.15, -0.1) is 0 Å². The molecule has 0 bridgehead atoms. The molecule has 0 saturated carbocycles. The van der Waals surface area contributed by atoms with E-state index >= 15 is 0 Å². The number of morpholine rings is 1. The van der Waals surface area contributed by atoms with Crippen LogP contribution in [0.15, 0.2) is 66.4 Å². The number of hydrogen-bond acceptors (Lipinski definition) is 4. The molecule has 1 saturated heterocycles. The highest BCUT2D eigenvalue weighted by molar-refractivity contribution is 6.08. The molecule has 2 aromatic carbocycles. The fraction of sp³-hybridized carbons (Fsp3) is 0.167. The zero-order valence-corrected chi connectivity index (χ0v) is 11.9. The van der Waals surface area contributed by atoms with E-state index in [-0.39, 0.29) is 5.78 Å². The van der Waals surface area contributed by atoms with Crippen LogP contribution in [-0.4, -0.2) is 24.0 Å². The number of rotatable bonds is 1. The number of hydrogen-bond donors (Lipinski definition) is 1. The largest absolute Gasteiger partial charge is 0.357 e. The number of anilines is 1. The number of para-hydroxylation sites is 1. The number of carbonyl (C=O) groups is 1. The third kappa shape index (κ3) is 1.81. The van der Waals surface area contributed by atoms with E-state index in [1.54, 1.807) is 24.3 Å². The zero-order chi connectivity index (χ0) is 15.2. The van der Waals surface area contributed by atoms with Crippen LogP contribution in [0.3, 0.4) is 0 Å². The number of aliphatic hydroxyl groups is 1. The summed E-state index contributed by atoms with van der Waals surface area (Å²) in [5.74, 6) is -1.68. The summed E-state index contributed by atoms with van der Waals surface area (Å²) in [6, 6.07) is 16.8. The summed E-state index contributed by atoms with van der Waals surface area (Å²) < 4.78 is 5.69. The predicted octanol–water partition coefficient (Wildman–Crippen LogP) is 2.45. The summed E-state index contributed by atoms with van der Waals surface area (Å²) in [7, 11) is 0. The van der Waals surface area contributed by atoms with Crippen LogP contribution in [0.1, 0.15) is 15.9 Å². The lowest BCUT2D eigenvalue weighted by molar-refractivity contribution is -0.194. The number of carbonyl (C=O) groups excluding carboxylic acids is 1. The van der Waals surface area contributed by atoms with Crippen LogP contribution in [0.25, 0.3) is 0 Å². The van der Waals surface area contributed by atoms with E-state index in [1.165, 1.54) is 6.08 Å². The molecule has 4 nitrogen and oxygen atoms in total. The normalized spacial score (nSPS) is 23.6. The summed E-state index contributed by atoms with van der Waals surface area (Å²) in [4.78, 5) is 14.3. The summed E-state index contributed by atoms with van der Waals surface area (Å²) in [5, 5.41) is 11.1. The Kier molecular flexibility index (Phi) is 2.89. The molecule has 1 aliphatic heterocycles. The average Bonchev–Trinajstić information content (AvgIpc) is 2.57. The molecule has 2 aliphatic rings. The van der Waals surface area contributed by atoms with Gasteiger partial charge in [-0.25, -0.2) is 0 Å². The Balaban J connectivity index is 1.88. The van der Waals surface area contributed by atoms with Gasteiger partial charge >= 0.3 is 0 Å². The van der Waals surface area contributed by atoms with Crippen molar-refractivity contribution in [2.75, 3.05) is 18.1 Å². The zero-order valence-electron chi connectivity index (χ0n) is 11.9. The number of fused-ring (bicyclic) bond motifs is 3. The number of nitrogens with zero attached hydrogens (tertiary/aromatic N) is 1. The van der Waals surface area contributed by atoms with Gasteiger partial charge in [0.25, 0.3) is 0 Å². The van der Waals surface area contributed by atoms with Crippen molar-refractivity contribution in [3.63, 3.8) is 0 Å². The van der Waals surface area contributed by atoms with Crippen LogP contribution in [0.4, 0.5) is 5.69 Å². The number of benzene rings is 2. The van der Waals surface area contributed by atoms with Crippen LogP contribution >= 0.6 is 0 Å². The van der Waals surface area contributed by atoms with Gasteiger partial charge in [0.15, 0.2) is 5.78 Å². The number of ether oxygens (including phenoxy) is 1. The topological polar surface area (TPSA) is 49.8 Å². The molecule has 22 heavy (non-hydrogen) atoms. The second-order valence-corrected chi connectivity index (χ2v) is 5.42. The molecule has 1 heterocycles. The van der Waals surface area contributed by atoms with Gasteiger partial charge in [-0.05, 0) is 12.1 Å². The highest BCUT2D eigenvalue weighted by Crippen LogP contribution is 2.42. The van der Waals surface area contributed by atoms with Crippen molar-refractivity contribution in [3.8, 4) is 0 Å². The quantitative estimate of drug-likeness (QED) is 0.877. The van der Waals surface area contributed by atoms with Gasteiger partial charge < -0.3 is 14.7 Å². The third-order valence-electron chi connectivity index (χ3n) is 4.16. The van der Waals surface area contributed by atoms with E-state index in [9.17, 15) is 9.90 Å². The molecule has 1 fully saturated rings. The first-order valence-corrected chi connectivity index (χ1v) is 7.25. The fourth-order valence-electron chi connectivity index (χ4n) is 3.12. The number of ketones is 1. The summed E-state index contributed by atoms with van der Waals surface area (Å²) >= 11 is 0. The Bertz CT molecular complexity index is 769. The van der Waals surface area contributed by atoms with E-state index in [1.807, 2.05) is 35.2 Å². The molecule has 4 heteroatoms. The first kappa shape index (κ1) is 13.2. The van der Waals surface area contributed by atoms with Crippen molar-refractivity contribution in [3.05, 3.63) is 77.5 Å². The average molecular weight is 293 g/mol. The molecule has 0 radical (unpaired) electrons. The second kappa shape index (κ2) is 4.80. The molecule has 1 aliphatic carbocycles. The molecule has 110 valence electrons. The lowest BCUT2D eigenvalue weighted by Gasteiger charge is -2.44. The molecular weight excluding hydrogens is 278 g/mol. The summed E-state index contributed by atoms with van der Waals surface area (Å²) in [6.07, 6.45) is 1.48. The Labute approximate surface area is 128 Å². The van der Waals surface area contributed by atoms with Crippen LogP contribution < -0.4 is 4.90 Å². The Morgan fingerprint density at radius 1 is 1.05 bits per heavy atom. The Morgan fingerprint density at radius 3 is 2.59 bits per heavy atom. The molecule has 1 N–H and O–H groups in total. The van der Waals surface area contributed by atoms with E-state index in [4.69, 9.17) is 4.74 Å². The number of allylic oxidation sites excluding steroid dienone is 1. The standard InChI is InChI=1S/C18H15NO3/c20-16-12-17-18(21,15-9-5-4-8-14(15)16)22-11-10-19(17)13-6-2-1-3-7-13/h1-9,12,21H,10-11H2. The van der Waals surface area contributed by atoms with Crippen LogP contribution in [-0.2, 0) is 10.5 Å². The van der Waals surface area contributed by atoms with Gasteiger partial charge in [0.05, 0.1) is 12.3 Å². The maximum atomic E-state index is 12.4. The van der Waals surface area contributed by atoms with Crippen molar-refractivity contribution >= 4 is 11.5 Å². The Morgan fingerprint density at radius 2 is 1.77 bits per heavy atom. The van der Waals surface area contributed by atoms with E-state index in [0.29, 0.717) is 30.0 Å². The van der Waals surface area contributed by atoms with Crippen molar-refractivity contribution in [2.45, 2.75) is 5.79 Å². The SMILES string of the molecule is O=C1C=C2N(c3ccccc3)CCOC2(O)c2ccccc21. The van der Waals surface area contributed by atoms with Crippen molar-refractivity contribution < 1.29 is 14.6 Å². The first-order valence-electron chi connectivity index (χ1n) is 7.25. The minimum Gasteiger partial charge on any atom is -0.357 e. The fourth-order valence-corrected chi connectivity index (χ4v) is 3.12. The molecule has 1 atom stereocenters. The van der Waals surface area contributed by atoms with Gasteiger partial charge in [0.1, 0.15) is 0 Å². The predicted molar refractivity (Wildman–Crippen MR) is 82.5 cm³/mol. The van der Waals surface area contributed by atoms with E-state index in [2.05, 4.69) is 0 Å². The maximum absolute atomic E-state index is 12.4. The van der Waals surface area contributed by atoms with Crippen LogP contribution in [0.2, 0.25) is 0 Å². The van der Waals surface area contributed by atoms with Crippen LogP contribution in [0.5, 0.6) is 0 Å². The molecule has 0 aromatic heterocycles. The van der Waals surface area contributed by atoms with Crippen molar-refractivity contribution in [1.82, 2.24) is 0 Å². The lowest BCUT2D eigenvalue weighted by atomic mass is 9.87. The molecule has 0 spiro atoms. The second-order valence-electron chi connectivity index (χ2n) is 5.42. The van der Waals surface area contributed by atoms with Crippen molar-refractivity contribution in [2.24, 2.45) is 0 Å². The van der Waals surface area contributed by atoms with Gasteiger partial charge in [0, 0.05) is 29.4 Å². The Hall–Kier alpha value is -2.43. The van der Waals surface area contributed by atoms with Gasteiger partial charge in [-0.2, -0.15) is 0 Å².